The summed E-state index contributed by atoms with van der Waals surface area (Å²) in [6.07, 6.45) is 4.34. The molecular formula is C12H16O5. The van der Waals surface area contributed by atoms with Crippen molar-refractivity contribution < 1.29 is 24.5 Å². The summed E-state index contributed by atoms with van der Waals surface area (Å²) in [6, 6.07) is 0. The maximum atomic E-state index is 11.5. The Balaban J connectivity index is 1.92. The number of ether oxygens (including phenoxy) is 1. The van der Waals surface area contributed by atoms with Crippen molar-refractivity contribution in [2.75, 3.05) is 0 Å². The van der Waals surface area contributed by atoms with Crippen LogP contribution >= 0.6 is 0 Å². The fraction of sp³-hybridized carbons (Fsp3) is 0.667. The van der Waals surface area contributed by atoms with Crippen LogP contribution in [0, 0.1) is 11.8 Å². The Labute approximate surface area is 99.1 Å². The van der Waals surface area contributed by atoms with Gasteiger partial charge in [-0.15, -0.1) is 0 Å². The molecule has 0 bridgehead atoms. The topological polar surface area (TPSA) is 83.8 Å². The van der Waals surface area contributed by atoms with Crippen LogP contribution in [0.1, 0.15) is 25.7 Å². The minimum Gasteiger partial charge on any atom is -0.481 e. The third kappa shape index (κ3) is 2.49. The van der Waals surface area contributed by atoms with Crippen LogP contribution in [-0.2, 0) is 14.3 Å². The molecule has 4 atom stereocenters. The summed E-state index contributed by atoms with van der Waals surface area (Å²) in [7, 11) is 0. The number of carboxylic acids is 1. The highest BCUT2D eigenvalue weighted by molar-refractivity contribution is 5.76. The van der Waals surface area contributed by atoms with E-state index in [2.05, 4.69) is 0 Å². The second-order valence-corrected chi connectivity index (χ2v) is 4.59. The Morgan fingerprint density at radius 1 is 1.47 bits per heavy atom. The molecule has 0 radical (unpaired) electrons. The van der Waals surface area contributed by atoms with Crippen LogP contribution < -0.4 is 0 Å². The number of allylic oxidation sites excluding steroid dienone is 1. The molecule has 2 rings (SSSR count). The van der Waals surface area contributed by atoms with Crippen LogP contribution in [0.2, 0.25) is 0 Å². The normalized spacial score (nSPS) is 36.2. The first kappa shape index (κ1) is 12.1. The van der Waals surface area contributed by atoms with E-state index in [1.165, 1.54) is 0 Å². The predicted octanol–water partition coefficient (Wildman–Crippen LogP) is 0.720. The summed E-state index contributed by atoms with van der Waals surface area (Å²) in [5.74, 6) is -1.42. The molecule has 1 aliphatic heterocycles. The van der Waals surface area contributed by atoms with Crippen molar-refractivity contribution in [2.45, 2.75) is 37.9 Å². The number of carboxylic acid groups (broad SMARTS) is 1. The van der Waals surface area contributed by atoms with Crippen LogP contribution in [0.5, 0.6) is 0 Å². The van der Waals surface area contributed by atoms with Gasteiger partial charge in [0.05, 0.1) is 12.0 Å². The lowest BCUT2D eigenvalue weighted by Crippen LogP contribution is -2.25. The van der Waals surface area contributed by atoms with Crippen LogP contribution in [0.25, 0.3) is 0 Å². The Kier molecular flexibility index (Phi) is 3.47. The lowest BCUT2D eigenvalue weighted by Gasteiger charge is -2.15. The lowest BCUT2D eigenvalue weighted by atomic mass is 9.92. The lowest BCUT2D eigenvalue weighted by molar-refractivity contribution is -0.143. The first-order chi connectivity index (χ1) is 8.09. The van der Waals surface area contributed by atoms with Gasteiger partial charge in [-0.1, -0.05) is 6.08 Å². The van der Waals surface area contributed by atoms with Gasteiger partial charge in [0.15, 0.2) is 0 Å². The fourth-order valence-corrected chi connectivity index (χ4v) is 2.63. The molecule has 0 unspecified atom stereocenters. The molecule has 2 aliphatic rings. The van der Waals surface area contributed by atoms with Crippen molar-refractivity contribution in [3.8, 4) is 0 Å². The van der Waals surface area contributed by atoms with Gasteiger partial charge in [-0.25, -0.2) is 0 Å². The molecule has 94 valence electrons. The first-order valence-electron chi connectivity index (χ1n) is 5.86. The van der Waals surface area contributed by atoms with Crippen molar-refractivity contribution in [1.82, 2.24) is 0 Å². The minimum atomic E-state index is -0.850. The van der Waals surface area contributed by atoms with E-state index in [1.54, 1.807) is 12.2 Å². The Hall–Kier alpha value is -1.36. The Bertz CT molecular complexity index is 349. The summed E-state index contributed by atoms with van der Waals surface area (Å²) in [4.78, 5) is 21.8. The van der Waals surface area contributed by atoms with E-state index >= 15 is 0 Å². The van der Waals surface area contributed by atoms with Gasteiger partial charge in [-0.2, -0.15) is 0 Å². The molecule has 0 aromatic rings. The summed E-state index contributed by atoms with van der Waals surface area (Å²) >= 11 is 0. The second kappa shape index (κ2) is 4.87. The van der Waals surface area contributed by atoms with Gasteiger partial charge in [0, 0.05) is 12.3 Å². The second-order valence-electron chi connectivity index (χ2n) is 4.59. The first-order valence-corrected chi connectivity index (χ1v) is 5.86. The van der Waals surface area contributed by atoms with E-state index < -0.39 is 18.2 Å². The Morgan fingerprint density at radius 2 is 2.24 bits per heavy atom. The van der Waals surface area contributed by atoms with Gasteiger partial charge < -0.3 is 14.9 Å². The van der Waals surface area contributed by atoms with Crippen LogP contribution in [-0.4, -0.2) is 34.4 Å². The summed E-state index contributed by atoms with van der Waals surface area (Å²) < 4.78 is 5.17. The number of hydrogen-bond acceptors (Lipinski definition) is 4. The standard InChI is InChI=1S/C12H16O5/c13-8-6-5-7-11(8)9(17-12(7)16)3-1-2-4-10(14)15/h1,3,7-9,11,13H,2,4-6H2,(H,14,15)/b3-1+/t7-,8+,9-,11-/m0/s1. The predicted molar refractivity (Wildman–Crippen MR) is 58.1 cm³/mol. The number of aliphatic hydroxyl groups excluding tert-OH is 1. The number of hydrogen-bond donors (Lipinski definition) is 2. The molecule has 1 heterocycles. The number of rotatable bonds is 4. The van der Waals surface area contributed by atoms with Crippen LogP contribution in [0.15, 0.2) is 12.2 Å². The monoisotopic (exact) mass is 240 g/mol. The molecule has 1 saturated heterocycles. The molecule has 2 fully saturated rings. The zero-order valence-electron chi connectivity index (χ0n) is 9.41. The van der Waals surface area contributed by atoms with Gasteiger partial charge in [0.25, 0.3) is 0 Å². The molecule has 1 saturated carbocycles. The summed E-state index contributed by atoms with van der Waals surface area (Å²) in [6.45, 7) is 0. The molecule has 0 aromatic heterocycles. The molecule has 2 N–H and O–H groups in total. The quantitative estimate of drug-likeness (QED) is 0.558. The molecule has 17 heavy (non-hydrogen) atoms. The summed E-state index contributed by atoms with van der Waals surface area (Å²) in [5, 5.41) is 18.3. The number of aliphatic hydroxyl groups is 1. The smallest absolute Gasteiger partial charge is 0.310 e. The van der Waals surface area contributed by atoms with Crippen LogP contribution in [0.4, 0.5) is 0 Å². The highest BCUT2D eigenvalue weighted by Gasteiger charge is 2.50. The van der Waals surface area contributed by atoms with Gasteiger partial charge in [-0.3, -0.25) is 9.59 Å². The van der Waals surface area contributed by atoms with Crippen molar-refractivity contribution in [1.29, 1.82) is 0 Å². The molecule has 5 heteroatoms. The zero-order chi connectivity index (χ0) is 12.4. The molecule has 0 amide bonds. The van der Waals surface area contributed by atoms with Crippen molar-refractivity contribution >= 4 is 11.9 Å². The molecule has 5 nitrogen and oxygen atoms in total. The third-order valence-electron chi connectivity index (χ3n) is 3.47. The van der Waals surface area contributed by atoms with E-state index in [-0.39, 0.29) is 24.2 Å². The van der Waals surface area contributed by atoms with Crippen molar-refractivity contribution in [2.24, 2.45) is 11.8 Å². The molecular weight excluding hydrogens is 224 g/mol. The Morgan fingerprint density at radius 3 is 2.94 bits per heavy atom. The molecule has 0 spiro atoms. The number of esters is 1. The molecule has 0 aromatic carbocycles. The number of carbonyl (C=O) groups excluding carboxylic acids is 1. The van der Waals surface area contributed by atoms with E-state index in [0.29, 0.717) is 19.3 Å². The number of aliphatic carboxylic acids is 1. The number of carbonyl (C=O) groups is 2. The highest BCUT2D eigenvalue weighted by Crippen LogP contribution is 2.42. The summed E-state index contributed by atoms with van der Waals surface area (Å²) in [5.41, 5.74) is 0. The van der Waals surface area contributed by atoms with Crippen molar-refractivity contribution in [3.63, 3.8) is 0 Å². The maximum absolute atomic E-state index is 11.5. The zero-order valence-corrected chi connectivity index (χ0v) is 9.41. The van der Waals surface area contributed by atoms with E-state index in [9.17, 15) is 14.7 Å². The number of cyclic esters (lactones) is 1. The van der Waals surface area contributed by atoms with Gasteiger partial charge in [-0.05, 0) is 25.3 Å². The van der Waals surface area contributed by atoms with Crippen LogP contribution in [0.3, 0.4) is 0 Å². The van der Waals surface area contributed by atoms with Gasteiger partial charge in [0.2, 0.25) is 0 Å². The SMILES string of the molecule is O=C(O)CC/C=C/[C@@H]1OC(=O)[C@H]2CC[C@@H](O)[C@@H]12. The van der Waals surface area contributed by atoms with E-state index in [4.69, 9.17) is 9.84 Å². The van der Waals surface area contributed by atoms with Gasteiger partial charge in [0.1, 0.15) is 6.10 Å². The fourth-order valence-electron chi connectivity index (χ4n) is 2.63. The van der Waals surface area contributed by atoms with E-state index in [1.807, 2.05) is 0 Å². The average molecular weight is 240 g/mol. The third-order valence-corrected chi connectivity index (χ3v) is 3.47. The number of fused-ring (bicyclic) bond motifs is 1. The van der Waals surface area contributed by atoms with Gasteiger partial charge >= 0.3 is 11.9 Å². The van der Waals surface area contributed by atoms with Crippen molar-refractivity contribution in [3.05, 3.63) is 12.2 Å². The minimum absolute atomic E-state index is 0.0633. The molecule has 1 aliphatic carbocycles. The maximum Gasteiger partial charge on any atom is 0.310 e. The highest BCUT2D eigenvalue weighted by atomic mass is 16.6. The largest absolute Gasteiger partial charge is 0.481 e. The average Bonchev–Trinajstić information content (AvgIpc) is 2.77. The van der Waals surface area contributed by atoms with E-state index in [0.717, 1.165) is 0 Å².